The van der Waals surface area contributed by atoms with Crippen LogP contribution in [0.4, 0.5) is 0 Å². The number of hydrogen-bond acceptors (Lipinski definition) is 4. The Kier molecular flexibility index (Phi) is 6.21. The van der Waals surface area contributed by atoms with E-state index in [1.165, 1.54) is 12.7 Å². The Morgan fingerprint density at radius 1 is 1.00 bits per heavy atom. The summed E-state index contributed by atoms with van der Waals surface area (Å²) >= 11 is 0. The zero-order chi connectivity index (χ0) is 17.5. The topological polar surface area (TPSA) is 50.8 Å². The van der Waals surface area contributed by atoms with Gasteiger partial charge in [-0.3, -0.25) is 4.79 Å². The summed E-state index contributed by atoms with van der Waals surface area (Å²) in [5.74, 6) is 0.972. The van der Waals surface area contributed by atoms with Gasteiger partial charge >= 0.3 is 0 Å². The van der Waals surface area contributed by atoms with Crippen molar-refractivity contribution in [3.63, 3.8) is 0 Å². The van der Waals surface area contributed by atoms with Crippen molar-refractivity contribution < 1.29 is 14.3 Å². The fraction of sp³-hybridized carbons (Fsp3) is 0.316. The number of nitrogens with zero attached hydrogens (tertiary/aromatic N) is 1. The fourth-order valence-electron chi connectivity index (χ4n) is 2.39. The lowest BCUT2D eigenvalue weighted by Crippen LogP contribution is -2.23. The molecule has 0 fully saturated rings. The van der Waals surface area contributed by atoms with Crippen molar-refractivity contribution in [2.45, 2.75) is 13.1 Å². The molecule has 2 aromatic carbocycles. The second kappa shape index (κ2) is 8.36. The van der Waals surface area contributed by atoms with Crippen LogP contribution in [0, 0.1) is 0 Å². The van der Waals surface area contributed by atoms with E-state index < -0.39 is 0 Å². The molecule has 0 aliphatic heterocycles. The van der Waals surface area contributed by atoms with Crippen LogP contribution in [0.5, 0.6) is 11.5 Å². The molecule has 1 amide bonds. The van der Waals surface area contributed by atoms with Gasteiger partial charge < -0.3 is 19.7 Å². The van der Waals surface area contributed by atoms with Gasteiger partial charge in [0.1, 0.15) is 11.5 Å². The molecule has 0 aromatic heterocycles. The molecule has 0 aliphatic carbocycles. The summed E-state index contributed by atoms with van der Waals surface area (Å²) in [7, 11) is 7.19. The number of benzene rings is 2. The molecule has 5 heteroatoms. The first-order valence-corrected chi connectivity index (χ1v) is 7.76. The van der Waals surface area contributed by atoms with Crippen LogP contribution in [0.15, 0.2) is 42.5 Å². The molecule has 1 N–H and O–H groups in total. The summed E-state index contributed by atoms with van der Waals surface area (Å²) in [5, 5.41) is 2.92. The molecule has 0 atom stereocenters. The van der Waals surface area contributed by atoms with Gasteiger partial charge in [-0.25, -0.2) is 0 Å². The lowest BCUT2D eigenvalue weighted by Gasteiger charge is -2.12. The third-order valence-corrected chi connectivity index (χ3v) is 3.63. The number of nitrogens with one attached hydrogen (secondary N) is 1. The van der Waals surface area contributed by atoms with E-state index in [0.717, 1.165) is 12.1 Å². The molecule has 0 heterocycles. The standard InChI is InChI=1S/C19H24N2O3/c1-21(2)13-15-7-5-14(6-8-15)12-20-19(22)17-10-9-16(23-3)11-18(17)24-4/h5-11H,12-13H2,1-4H3,(H,20,22). The smallest absolute Gasteiger partial charge is 0.255 e. The molecule has 5 nitrogen and oxygen atoms in total. The molecule has 0 radical (unpaired) electrons. The largest absolute Gasteiger partial charge is 0.497 e. The van der Waals surface area contributed by atoms with Crippen LogP contribution in [0.25, 0.3) is 0 Å². The van der Waals surface area contributed by atoms with E-state index in [9.17, 15) is 4.79 Å². The van der Waals surface area contributed by atoms with E-state index in [0.29, 0.717) is 23.6 Å². The second-order valence-corrected chi connectivity index (χ2v) is 5.80. The highest BCUT2D eigenvalue weighted by atomic mass is 16.5. The van der Waals surface area contributed by atoms with Crippen LogP contribution in [0.3, 0.4) is 0 Å². The minimum Gasteiger partial charge on any atom is -0.497 e. The Hall–Kier alpha value is -2.53. The van der Waals surface area contributed by atoms with E-state index in [2.05, 4.69) is 22.3 Å². The Morgan fingerprint density at radius 2 is 1.67 bits per heavy atom. The molecule has 0 spiro atoms. The van der Waals surface area contributed by atoms with Crippen LogP contribution in [0.1, 0.15) is 21.5 Å². The van der Waals surface area contributed by atoms with Crippen molar-refractivity contribution in [3.05, 3.63) is 59.2 Å². The predicted octanol–water partition coefficient (Wildman–Crippen LogP) is 2.70. The van der Waals surface area contributed by atoms with Gasteiger partial charge in [0.25, 0.3) is 5.91 Å². The van der Waals surface area contributed by atoms with Crippen molar-refractivity contribution in [3.8, 4) is 11.5 Å². The van der Waals surface area contributed by atoms with Crippen LogP contribution < -0.4 is 14.8 Å². The molecule has 0 saturated carbocycles. The number of carbonyl (C=O) groups is 1. The average Bonchev–Trinajstić information content (AvgIpc) is 2.59. The molecule has 128 valence electrons. The first kappa shape index (κ1) is 17.8. The maximum atomic E-state index is 12.4. The molecule has 2 aromatic rings. The summed E-state index contributed by atoms with van der Waals surface area (Å²) in [4.78, 5) is 14.5. The first-order chi connectivity index (χ1) is 11.5. The molecule has 24 heavy (non-hydrogen) atoms. The van der Waals surface area contributed by atoms with E-state index in [1.54, 1.807) is 25.3 Å². The molecule has 0 aliphatic rings. The molecular weight excluding hydrogens is 304 g/mol. The lowest BCUT2D eigenvalue weighted by atomic mass is 10.1. The lowest BCUT2D eigenvalue weighted by molar-refractivity contribution is 0.0948. The van der Waals surface area contributed by atoms with Gasteiger partial charge in [-0.05, 0) is 37.4 Å². The number of amides is 1. The Morgan fingerprint density at radius 3 is 2.25 bits per heavy atom. The zero-order valence-electron chi connectivity index (χ0n) is 14.6. The third kappa shape index (κ3) is 4.73. The monoisotopic (exact) mass is 328 g/mol. The Labute approximate surface area is 143 Å². The van der Waals surface area contributed by atoms with Crippen molar-refractivity contribution in [2.75, 3.05) is 28.3 Å². The van der Waals surface area contributed by atoms with E-state index in [1.807, 2.05) is 26.2 Å². The fourth-order valence-corrected chi connectivity index (χ4v) is 2.39. The van der Waals surface area contributed by atoms with Crippen LogP contribution in [0.2, 0.25) is 0 Å². The second-order valence-electron chi connectivity index (χ2n) is 5.80. The van der Waals surface area contributed by atoms with Gasteiger partial charge in [0, 0.05) is 19.2 Å². The van der Waals surface area contributed by atoms with Crippen molar-refractivity contribution in [2.24, 2.45) is 0 Å². The van der Waals surface area contributed by atoms with Crippen LogP contribution in [-0.4, -0.2) is 39.1 Å². The summed E-state index contributed by atoms with van der Waals surface area (Å²) in [6.45, 7) is 1.37. The number of carbonyl (C=O) groups excluding carboxylic acids is 1. The highest BCUT2D eigenvalue weighted by Crippen LogP contribution is 2.24. The van der Waals surface area contributed by atoms with E-state index in [4.69, 9.17) is 9.47 Å². The number of methoxy groups -OCH3 is 2. The van der Waals surface area contributed by atoms with Crippen molar-refractivity contribution in [1.82, 2.24) is 10.2 Å². The SMILES string of the molecule is COc1ccc(C(=O)NCc2ccc(CN(C)C)cc2)c(OC)c1. The van der Waals surface area contributed by atoms with Crippen LogP contribution in [-0.2, 0) is 13.1 Å². The van der Waals surface area contributed by atoms with Gasteiger partial charge in [-0.1, -0.05) is 24.3 Å². The van der Waals surface area contributed by atoms with E-state index >= 15 is 0 Å². The first-order valence-electron chi connectivity index (χ1n) is 7.76. The zero-order valence-corrected chi connectivity index (χ0v) is 14.6. The minimum absolute atomic E-state index is 0.174. The van der Waals surface area contributed by atoms with Gasteiger partial charge in [0.2, 0.25) is 0 Å². The van der Waals surface area contributed by atoms with Crippen LogP contribution >= 0.6 is 0 Å². The summed E-state index contributed by atoms with van der Waals surface area (Å²) in [6.07, 6.45) is 0. The maximum absolute atomic E-state index is 12.4. The molecule has 0 saturated heterocycles. The molecular formula is C19H24N2O3. The Balaban J connectivity index is 2.00. The van der Waals surface area contributed by atoms with Crippen molar-refractivity contribution >= 4 is 5.91 Å². The Bertz CT molecular complexity index is 682. The summed E-state index contributed by atoms with van der Waals surface area (Å²) in [6, 6.07) is 13.4. The van der Waals surface area contributed by atoms with Gasteiger partial charge in [-0.2, -0.15) is 0 Å². The normalized spacial score (nSPS) is 10.5. The summed E-state index contributed by atoms with van der Waals surface area (Å²) in [5.41, 5.74) is 2.78. The highest BCUT2D eigenvalue weighted by Gasteiger charge is 2.13. The van der Waals surface area contributed by atoms with Crippen molar-refractivity contribution in [1.29, 1.82) is 0 Å². The molecule has 0 bridgehead atoms. The van der Waals surface area contributed by atoms with Gasteiger partial charge in [0.05, 0.1) is 19.8 Å². The van der Waals surface area contributed by atoms with Gasteiger partial charge in [0.15, 0.2) is 0 Å². The average molecular weight is 328 g/mol. The third-order valence-electron chi connectivity index (χ3n) is 3.63. The summed E-state index contributed by atoms with van der Waals surface area (Å²) < 4.78 is 10.4. The number of hydrogen-bond donors (Lipinski definition) is 1. The number of rotatable bonds is 7. The molecule has 2 rings (SSSR count). The minimum atomic E-state index is -0.174. The highest BCUT2D eigenvalue weighted by molar-refractivity contribution is 5.97. The van der Waals surface area contributed by atoms with Gasteiger partial charge in [-0.15, -0.1) is 0 Å². The molecule has 0 unspecified atom stereocenters. The predicted molar refractivity (Wildman–Crippen MR) is 94.5 cm³/mol. The quantitative estimate of drug-likeness (QED) is 0.849. The number of ether oxygens (including phenoxy) is 2. The maximum Gasteiger partial charge on any atom is 0.255 e. The van der Waals surface area contributed by atoms with E-state index in [-0.39, 0.29) is 5.91 Å².